The Morgan fingerprint density at radius 1 is 1.36 bits per heavy atom. The zero-order valence-corrected chi connectivity index (χ0v) is 7.83. The number of nitrogens with one attached hydrogen (secondary N) is 1. The number of benzene rings is 1. The van der Waals surface area contributed by atoms with Crippen LogP contribution < -0.4 is 11.1 Å². The van der Waals surface area contributed by atoms with E-state index in [4.69, 9.17) is 5.73 Å². The molecule has 0 aliphatic heterocycles. The molecule has 1 aromatic carbocycles. The van der Waals surface area contributed by atoms with E-state index in [1.807, 2.05) is 12.1 Å². The lowest BCUT2D eigenvalue weighted by Gasteiger charge is -1.99. The predicted molar refractivity (Wildman–Crippen MR) is 52.4 cm³/mol. The molecular formula is C7H7IN2O. The van der Waals surface area contributed by atoms with Gasteiger partial charge in [0.25, 0.3) is 0 Å². The van der Waals surface area contributed by atoms with Crippen LogP contribution in [0.3, 0.4) is 0 Å². The van der Waals surface area contributed by atoms with Crippen LogP contribution in [0.5, 0.6) is 0 Å². The molecule has 0 atom stereocenters. The minimum absolute atomic E-state index is 0.536. The summed E-state index contributed by atoms with van der Waals surface area (Å²) in [5.74, 6) is 0. The van der Waals surface area contributed by atoms with Gasteiger partial charge in [-0.2, -0.15) is 0 Å². The van der Waals surface area contributed by atoms with Crippen molar-refractivity contribution in [2.75, 3.05) is 5.32 Å². The normalized spacial score (nSPS) is 9.18. The Kier molecular flexibility index (Phi) is 2.70. The maximum Gasteiger partial charge on any atom is 0.316 e. The summed E-state index contributed by atoms with van der Waals surface area (Å²) < 4.78 is 1.12. The van der Waals surface area contributed by atoms with E-state index in [0.29, 0.717) is 0 Å². The topological polar surface area (TPSA) is 55.1 Å². The molecule has 0 aliphatic carbocycles. The van der Waals surface area contributed by atoms with Crippen molar-refractivity contribution in [3.05, 3.63) is 27.8 Å². The first-order valence-electron chi connectivity index (χ1n) is 3.00. The fourth-order valence-electron chi connectivity index (χ4n) is 0.675. The first-order valence-corrected chi connectivity index (χ1v) is 4.08. The van der Waals surface area contributed by atoms with Crippen molar-refractivity contribution < 1.29 is 4.79 Å². The lowest BCUT2D eigenvalue weighted by Crippen LogP contribution is -2.19. The van der Waals surface area contributed by atoms with E-state index in [2.05, 4.69) is 27.9 Å². The number of urea groups is 1. The zero-order chi connectivity index (χ0) is 8.27. The molecule has 0 saturated carbocycles. The molecule has 0 fully saturated rings. The molecule has 11 heavy (non-hydrogen) atoms. The minimum atomic E-state index is -0.536. The summed E-state index contributed by atoms with van der Waals surface area (Å²) in [6.07, 6.45) is 0. The van der Waals surface area contributed by atoms with Crippen LogP contribution in [0.15, 0.2) is 24.3 Å². The Bertz CT molecular complexity index is 258. The van der Waals surface area contributed by atoms with Crippen LogP contribution in [-0.4, -0.2) is 6.03 Å². The highest BCUT2D eigenvalue weighted by Gasteiger charge is 1.93. The maximum absolute atomic E-state index is 10.4. The van der Waals surface area contributed by atoms with Gasteiger partial charge in [0.1, 0.15) is 0 Å². The quantitative estimate of drug-likeness (QED) is 0.745. The average Bonchev–Trinajstić information content (AvgIpc) is 1.93. The lowest BCUT2D eigenvalue weighted by atomic mass is 10.3. The van der Waals surface area contributed by atoms with Gasteiger partial charge in [-0.1, -0.05) is 0 Å². The van der Waals surface area contributed by atoms with Crippen molar-refractivity contribution in [2.24, 2.45) is 5.73 Å². The summed E-state index contributed by atoms with van der Waals surface area (Å²) in [6, 6.07) is 6.85. The molecular weight excluding hydrogens is 255 g/mol. The predicted octanol–water partition coefficient (Wildman–Crippen LogP) is 1.78. The van der Waals surface area contributed by atoms with Crippen molar-refractivity contribution in [1.29, 1.82) is 0 Å². The second-order valence-corrected chi connectivity index (χ2v) is 3.24. The second-order valence-electron chi connectivity index (χ2n) is 2.00. The first kappa shape index (κ1) is 8.32. The first-order chi connectivity index (χ1) is 5.18. The SMILES string of the molecule is NC(=O)Nc1ccc(I)cc1. The molecule has 0 unspecified atom stereocenters. The van der Waals surface area contributed by atoms with Crippen molar-refractivity contribution in [2.45, 2.75) is 0 Å². The van der Waals surface area contributed by atoms with Gasteiger partial charge >= 0.3 is 6.03 Å². The van der Waals surface area contributed by atoms with Gasteiger partial charge in [0.05, 0.1) is 0 Å². The standard InChI is InChI=1S/C7H7IN2O/c8-5-1-3-6(4-2-5)10-7(9)11/h1-4H,(H3,9,10,11). The van der Waals surface area contributed by atoms with Gasteiger partial charge in [-0.05, 0) is 46.9 Å². The zero-order valence-electron chi connectivity index (χ0n) is 5.67. The number of nitrogens with two attached hydrogens (primary N) is 1. The van der Waals surface area contributed by atoms with E-state index >= 15 is 0 Å². The Hall–Kier alpha value is -0.780. The summed E-state index contributed by atoms with van der Waals surface area (Å²) in [5.41, 5.74) is 5.63. The van der Waals surface area contributed by atoms with Crippen LogP contribution >= 0.6 is 22.6 Å². The molecule has 0 spiro atoms. The number of halogens is 1. The van der Waals surface area contributed by atoms with Gasteiger partial charge in [-0.15, -0.1) is 0 Å². The van der Waals surface area contributed by atoms with Crippen molar-refractivity contribution in [3.63, 3.8) is 0 Å². The number of carbonyl (C=O) groups is 1. The van der Waals surface area contributed by atoms with E-state index in [9.17, 15) is 4.79 Å². The molecule has 58 valence electrons. The van der Waals surface area contributed by atoms with Gasteiger partial charge in [0, 0.05) is 9.26 Å². The summed E-state index contributed by atoms with van der Waals surface area (Å²) in [6.45, 7) is 0. The molecule has 0 bridgehead atoms. The Labute approximate surface area is 78.1 Å². The maximum atomic E-state index is 10.4. The monoisotopic (exact) mass is 262 g/mol. The van der Waals surface area contributed by atoms with Crippen molar-refractivity contribution in [3.8, 4) is 0 Å². The molecule has 3 nitrogen and oxygen atoms in total. The number of primary amides is 1. The highest BCUT2D eigenvalue weighted by molar-refractivity contribution is 14.1. The van der Waals surface area contributed by atoms with Gasteiger partial charge in [0.2, 0.25) is 0 Å². The fraction of sp³-hybridized carbons (Fsp3) is 0. The fourth-order valence-corrected chi connectivity index (χ4v) is 1.04. The molecule has 1 rings (SSSR count). The highest BCUT2D eigenvalue weighted by atomic mass is 127. The number of rotatable bonds is 1. The van der Waals surface area contributed by atoms with Crippen molar-refractivity contribution >= 4 is 34.3 Å². The van der Waals surface area contributed by atoms with Gasteiger partial charge in [-0.25, -0.2) is 4.79 Å². The number of amides is 2. The lowest BCUT2D eigenvalue weighted by molar-refractivity contribution is 0.259. The van der Waals surface area contributed by atoms with E-state index in [1.54, 1.807) is 12.1 Å². The Morgan fingerprint density at radius 3 is 2.36 bits per heavy atom. The molecule has 3 N–H and O–H groups in total. The Morgan fingerprint density at radius 2 is 1.91 bits per heavy atom. The molecule has 0 aromatic heterocycles. The van der Waals surface area contributed by atoms with Crippen LogP contribution in [0.2, 0.25) is 0 Å². The van der Waals surface area contributed by atoms with Crippen LogP contribution in [-0.2, 0) is 0 Å². The van der Waals surface area contributed by atoms with Crippen LogP contribution in [0.1, 0.15) is 0 Å². The number of hydrogen-bond donors (Lipinski definition) is 2. The average molecular weight is 262 g/mol. The van der Waals surface area contributed by atoms with E-state index in [1.165, 1.54) is 0 Å². The largest absolute Gasteiger partial charge is 0.351 e. The summed E-state index contributed by atoms with van der Waals surface area (Å²) in [5, 5.41) is 2.47. The smallest absolute Gasteiger partial charge is 0.316 e. The van der Waals surface area contributed by atoms with Crippen molar-refractivity contribution in [1.82, 2.24) is 0 Å². The molecule has 0 radical (unpaired) electrons. The third kappa shape index (κ3) is 2.75. The number of hydrogen-bond acceptors (Lipinski definition) is 1. The van der Waals surface area contributed by atoms with E-state index < -0.39 is 6.03 Å². The summed E-state index contributed by atoms with van der Waals surface area (Å²) >= 11 is 2.19. The van der Waals surface area contributed by atoms with Gasteiger partial charge in [-0.3, -0.25) is 0 Å². The molecule has 1 aromatic rings. The molecule has 0 aliphatic rings. The molecule has 4 heteroatoms. The van der Waals surface area contributed by atoms with Gasteiger partial charge < -0.3 is 11.1 Å². The number of anilines is 1. The third-order valence-corrected chi connectivity index (χ3v) is 1.83. The Balaban J connectivity index is 2.74. The molecule has 0 saturated heterocycles. The number of carbonyl (C=O) groups excluding carboxylic acids is 1. The summed E-state index contributed by atoms with van der Waals surface area (Å²) in [4.78, 5) is 10.4. The van der Waals surface area contributed by atoms with E-state index in [-0.39, 0.29) is 0 Å². The molecule has 0 heterocycles. The highest BCUT2D eigenvalue weighted by Crippen LogP contribution is 2.10. The van der Waals surface area contributed by atoms with Crippen LogP contribution in [0, 0.1) is 3.57 Å². The van der Waals surface area contributed by atoms with Gasteiger partial charge in [0.15, 0.2) is 0 Å². The second kappa shape index (κ2) is 3.56. The minimum Gasteiger partial charge on any atom is -0.351 e. The van der Waals surface area contributed by atoms with E-state index in [0.717, 1.165) is 9.26 Å². The van der Waals surface area contributed by atoms with Crippen LogP contribution in [0.25, 0.3) is 0 Å². The molecule has 2 amide bonds. The summed E-state index contributed by atoms with van der Waals surface area (Å²) in [7, 11) is 0. The third-order valence-electron chi connectivity index (χ3n) is 1.11. The van der Waals surface area contributed by atoms with Crippen LogP contribution in [0.4, 0.5) is 10.5 Å².